The van der Waals surface area contributed by atoms with Gasteiger partial charge in [0.15, 0.2) is 0 Å². The highest BCUT2D eigenvalue weighted by Gasteiger charge is 2.15. The minimum absolute atomic E-state index is 0.125. The van der Waals surface area contributed by atoms with E-state index in [1.807, 2.05) is 30.3 Å². The van der Waals surface area contributed by atoms with E-state index in [1.165, 1.54) is 12.4 Å². The second-order valence-electron chi connectivity index (χ2n) is 3.40. The maximum absolute atomic E-state index is 11.3. The average molecular weight is 238 g/mol. The van der Waals surface area contributed by atoms with Crippen LogP contribution in [0.4, 0.5) is 4.79 Å². The van der Waals surface area contributed by atoms with E-state index >= 15 is 0 Å². The van der Waals surface area contributed by atoms with Crippen LogP contribution < -0.4 is 10.8 Å². The van der Waals surface area contributed by atoms with E-state index < -0.39 is 18.0 Å². The molecule has 0 aliphatic heterocycles. The number of carbonyl (C=O) groups is 2. The first-order valence-corrected chi connectivity index (χ1v) is 5.04. The monoisotopic (exact) mass is 238 g/mol. The van der Waals surface area contributed by atoms with Crippen molar-refractivity contribution in [2.24, 2.45) is 0 Å². The number of hydrogen-bond acceptors (Lipinski definition) is 4. The maximum Gasteiger partial charge on any atom is 0.408 e. The summed E-state index contributed by atoms with van der Waals surface area (Å²) in [5, 5.41) is 10.6. The summed E-state index contributed by atoms with van der Waals surface area (Å²) < 4.78 is 4.88. The predicted molar refractivity (Wildman–Crippen MR) is 59.2 cm³/mol. The Kier molecular flexibility index (Phi) is 4.96. The number of alkyl carbamates (subject to hydrolysis) is 1. The Morgan fingerprint density at radius 1 is 1.35 bits per heavy atom. The lowest BCUT2D eigenvalue weighted by Gasteiger charge is -2.11. The first kappa shape index (κ1) is 13.0. The third-order valence-electron chi connectivity index (χ3n) is 2.05. The van der Waals surface area contributed by atoms with Gasteiger partial charge in [-0.2, -0.15) is 0 Å². The standard InChI is InChI=1S/C11H14N2O4/c1-8(10(14)13-16)12-11(15)17-7-9-5-3-2-4-6-9/h2-6,8,16H,7H2,1H3,(H,12,15)(H,13,14)/t8-/m1/s1. The molecule has 0 radical (unpaired) electrons. The van der Waals surface area contributed by atoms with E-state index in [1.54, 1.807) is 0 Å². The quantitative estimate of drug-likeness (QED) is 0.535. The van der Waals surface area contributed by atoms with Crippen molar-refractivity contribution in [1.82, 2.24) is 10.8 Å². The van der Waals surface area contributed by atoms with Gasteiger partial charge in [-0.05, 0) is 12.5 Å². The second-order valence-corrected chi connectivity index (χ2v) is 3.40. The lowest BCUT2D eigenvalue weighted by atomic mass is 10.2. The van der Waals surface area contributed by atoms with Crippen LogP contribution in [-0.2, 0) is 16.1 Å². The molecule has 6 heteroatoms. The topological polar surface area (TPSA) is 87.7 Å². The van der Waals surface area contributed by atoms with Gasteiger partial charge in [-0.1, -0.05) is 30.3 Å². The first-order valence-electron chi connectivity index (χ1n) is 5.04. The molecule has 0 aromatic heterocycles. The molecule has 0 fully saturated rings. The Labute approximate surface area is 98.5 Å². The van der Waals surface area contributed by atoms with E-state index in [2.05, 4.69) is 5.32 Å². The van der Waals surface area contributed by atoms with Gasteiger partial charge in [0.2, 0.25) is 0 Å². The highest BCUT2D eigenvalue weighted by Crippen LogP contribution is 2.00. The molecule has 0 bridgehead atoms. The molecule has 17 heavy (non-hydrogen) atoms. The van der Waals surface area contributed by atoms with Gasteiger partial charge in [-0.3, -0.25) is 10.0 Å². The Morgan fingerprint density at radius 3 is 2.59 bits per heavy atom. The Hall–Kier alpha value is -2.08. The fourth-order valence-corrected chi connectivity index (χ4v) is 1.10. The number of benzene rings is 1. The molecule has 1 rings (SSSR count). The molecule has 0 unspecified atom stereocenters. The third kappa shape index (κ3) is 4.52. The number of rotatable bonds is 4. The van der Waals surface area contributed by atoms with Crippen LogP contribution in [-0.4, -0.2) is 23.2 Å². The van der Waals surface area contributed by atoms with E-state index in [9.17, 15) is 9.59 Å². The van der Waals surface area contributed by atoms with Crippen molar-refractivity contribution >= 4 is 12.0 Å². The van der Waals surface area contributed by atoms with E-state index in [0.717, 1.165) is 5.56 Å². The molecular weight excluding hydrogens is 224 g/mol. The van der Waals surface area contributed by atoms with Gasteiger partial charge in [0.05, 0.1) is 0 Å². The largest absolute Gasteiger partial charge is 0.445 e. The molecule has 0 heterocycles. The van der Waals surface area contributed by atoms with Crippen LogP contribution in [0.25, 0.3) is 0 Å². The summed E-state index contributed by atoms with van der Waals surface area (Å²) in [6, 6.07) is 8.30. The lowest BCUT2D eigenvalue weighted by Crippen LogP contribution is -2.43. The fraction of sp³-hybridized carbons (Fsp3) is 0.273. The normalized spacial score (nSPS) is 11.4. The van der Waals surface area contributed by atoms with Gasteiger partial charge in [0.25, 0.3) is 5.91 Å². The highest BCUT2D eigenvalue weighted by molar-refractivity contribution is 5.84. The van der Waals surface area contributed by atoms with Crippen molar-refractivity contribution in [2.75, 3.05) is 0 Å². The Bertz CT molecular complexity index is 380. The summed E-state index contributed by atoms with van der Waals surface area (Å²) in [5.74, 6) is -0.707. The molecule has 1 aromatic carbocycles. The van der Waals surface area contributed by atoms with Gasteiger partial charge in [-0.25, -0.2) is 10.3 Å². The molecule has 1 atom stereocenters. The van der Waals surface area contributed by atoms with Gasteiger partial charge in [0.1, 0.15) is 12.6 Å². The third-order valence-corrected chi connectivity index (χ3v) is 2.05. The van der Waals surface area contributed by atoms with Crippen LogP contribution in [0.5, 0.6) is 0 Å². The zero-order valence-corrected chi connectivity index (χ0v) is 9.34. The van der Waals surface area contributed by atoms with Crippen molar-refractivity contribution in [2.45, 2.75) is 19.6 Å². The Balaban J connectivity index is 2.33. The number of hydrogen-bond donors (Lipinski definition) is 3. The summed E-state index contributed by atoms with van der Waals surface area (Å²) in [6.07, 6.45) is -0.718. The first-order chi connectivity index (χ1) is 8.13. The molecule has 1 aromatic rings. The van der Waals surface area contributed by atoms with E-state index in [4.69, 9.17) is 9.94 Å². The zero-order chi connectivity index (χ0) is 12.7. The van der Waals surface area contributed by atoms with Crippen LogP contribution in [0.2, 0.25) is 0 Å². The van der Waals surface area contributed by atoms with Crippen LogP contribution in [0.1, 0.15) is 12.5 Å². The summed E-state index contributed by atoms with van der Waals surface area (Å²) >= 11 is 0. The Morgan fingerprint density at radius 2 is 2.00 bits per heavy atom. The molecule has 0 saturated carbocycles. The smallest absolute Gasteiger partial charge is 0.408 e. The lowest BCUT2D eigenvalue weighted by molar-refractivity contribution is -0.130. The van der Waals surface area contributed by atoms with Gasteiger partial charge >= 0.3 is 6.09 Å². The average Bonchev–Trinajstić information content (AvgIpc) is 2.36. The van der Waals surface area contributed by atoms with Gasteiger partial charge < -0.3 is 10.1 Å². The summed E-state index contributed by atoms with van der Waals surface area (Å²) in [6.45, 7) is 1.55. The van der Waals surface area contributed by atoms with Crippen molar-refractivity contribution in [3.63, 3.8) is 0 Å². The summed E-state index contributed by atoms with van der Waals surface area (Å²) in [7, 11) is 0. The van der Waals surface area contributed by atoms with E-state index in [-0.39, 0.29) is 6.61 Å². The molecule has 92 valence electrons. The number of nitrogens with one attached hydrogen (secondary N) is 2. The van der Waals surface area contributed by atoms with Crippen molar-refractivity contribution in [1.29, 1.82) is 0 Å². The van der Waals surface area contributed by atoms with Crippen LogP contribution in [0.3, 0.4) is 0 Å². The molecule has 6 nitrogen and oxygen atoms in total. The molecule has 2 amide bonds. The maximum atomic E-state index is 11.3. The SMILES string of the molecule is C[C@@H](NC(=O)OCc1ccccc1)C(=O)NO. The van der Waals surface area contributed by atoms with Crippen LogP contribution >= 0.6 is 0 Å². The molecule has 3 N–H and O–H groups in total. The summed E-state index contributed by atoms with van der Waals surface area (Å²) in [5.41, 5.74) is 2.28. The molecule has 0 aliphatic rings. The number of amides is 2. The summed E-state index contributed by atoms with van der Waals surface area (Å²) in [4.78, 5) is 22.1. The molecule has 0 spiro atoms. The molecule has 0 saturated heterocycles. The minimum Gasteiger partial charge on any atom is -0.445 e. The molecule has 0 aliphatic carbocycles. The van der Waals surface area contributed by atoms with Crippen molar-refractivity contribution < 1.29 is 19.5 Å². The number of hydroxylamine groups is 1. The fourth-order valence-electron chi connectivity index (χ4n) is 1.10. The zero-order valence-electron chi connectivity index (χ0n) is 9.34. The molecular formula is C11H14N2O4. The second kappa shape index (κ2) is 6.49. The highest BCUT2D eigenvalue weighted by atomic mass is 16.5. The van der Waals surface area contributed by atoms with Crippen molar-refractivity contribution in [3.8, 4) is 0 Å². The van der Waals surface area contributed by atoms with Crippen LogP contribution in [0, 0.1) is 0 Å². The van der Waals surface area contributed by atoms with Gasteiger partial charge in [-0.15, -0.1) is 0 Å². The number of ether oxygens (including phenoxy) is 1. The minimum atomic E-state index is -0.858. The predicted octanol–water partition coefficient (Wildman–Crippen LogP) is 0.807. The number of carbonyl (C=O) groups excluding carboxylic acids is 2. The van der Waals surface area contributed by atoms with E-state index in [0.29, 0.717) is 0 Å². The van der Waals surface area contributed by atoms with Crippen molar-refractivity contribution in [3.05, 3.63) is 35.9 Å². The van der Waals surface area contributed by atoms with Crippen LogP contribution in [0.15, 0.2) is 30.3 Å². The van der Waals surface area contributed by atoms with Gasteiger partial charge in [0, 0.05) is 0 Å².